The monoisotopic (exact) mass is 448 g/mol. The van der Waals surface area contributed by atoms with Crippen LogP contribution in [-0.4, -0.2) is 71.9 Å². The van der Waals surface area contributed by atoms with Gasteiger partial charge in [-0.3, -0.25) is 4.79 Å². The molecule has 1 amide bonds. The van der Waals surface area contributed by atoms with Crippen molar-refractivity contribution in [3.05, 3.63) is 48.0 Å². The smallest absolute Gasteiger partial charge is 0.257 e. The van der Waals surface area contributed by atoms with Crippen LogP contribution in [0.1, 0.15) is 10.4 Å². The SMILES string of the molecule is COc1ccc(S(=O)(=O)NC[C@H]2COc3ccccc3O2)cc1C(=O)N1CCOCC1. The normalized spacial score (nSPS) is 18.5. The number of methoxy groups -OCH3 is 1. The molecule has 2 aromatic carbocycles. The largest absolute Gasteiger partial charge is 0.496 e. The Bertz CT molecular complexity index is 1050. The lowest BCUT2D eigenvalue weighted by atomic mass is 10.1. The van der Waals surface area contributed by atoms with Crippen molar-refractivity contribution in [3.63, 3.8) is 0 Å². The van der Waals surface area contributed by atoms with Crippen molar-refractivity contribution in [1.29, 1.82) is 0 Å². The number of para-hydroxylation sites is 2. The number of benzene rings is 2. The molecule has 0 bridgehead atoms. The van der Waals surface area contributed by atoms with Crippen molar-refractivity contribution in [2.45, 2.75) is 11.0 Å². The molecule has 10 heteroatoms. The summed E-state index contributed by atoms with van der Waals surface area (Å²) in [6, 6.07) is 11.4. The highest BCUT2D eigenvalue weighted by Crippen LogP contribution is 2.31. The molecule has 4 rings (SSSR count). The van der Waals surface area contributed by atoms with Gasteiger partial charge in [-0.2, -0.15) is 0 Å². The highest BCUT2D eigenvalue weighted by atomic mass is 32.2. The van der Waals surface area contributed by atoms with Crippen molar-refractivity contribution in [3.8, 4) is 17.2 Å². The zero-order valence-electron chi connectivity index (χ0n) is 17.1. The van der Waals surface area contributed by atoms with E-state index in [9.17, 15) is 13.2 Å². The summed E-state index contributed by atoms with van der Waals surface area (Å²) in [6.45, 7) is 2.02. The molecule has 1 atom stereocenters. The zero-order chi connectivity index (χ0) is 21.8. The minimum Gasteiger partial charge on any atom is -0.496 e. The number of carbonyl (C=O) groups excluding carboxylic acids is 1. The van der Waals surface area contributed by atoms with Crippen LogP contribution < -0.4 is 18.9 Å². The van der Waals surface area contributed by atoms with Gasteiger partial charge in [0.1, 0.15) is 18.5 Å². The zero-order valence-corrected chi connectivity index (χ0v) is 17.9. The molecular weight excluding hydrogens is 424 g/mol. The summed E-state index contributed by atoms with van der Waals surface area (Å²) >= 11 is 0. The standard InChI is InChI=1S/C21H24N2O7S/c1-27-18-7-6-16(12-17(18)21(24)23-8-10-28-11-9-23)31(25,26)22-13-15-14-29-19-4-2-3-5-20(19)30-15/h2-7,12,15,22H,8-11,13-14H2,1H3/t15-/m0/s1. The van der Waals surface area contributed by atoms with Gasteiger partial charge in [-0.05, 0) is 30.3 Å². The molecule has 166 valence electrons. The quantitative estimate of drug-likeness (QED) is 0.710. The van der Waals surface area contributed by atoms with Crippen LogP contribution in [0, 0.1) is 0 Å². The van der Waals surface area contributed by atoms with Crippen LogP contribution in [0.2, 0.25) is 0 Å². The predicted molar refractivity (Wildman–Crippen MR) is 111 cm³/mol. The maximum Gasteiger partial charge on any atom is 0.257 e. The number of amides is 1. The molecule has 31 heavy (non-hydrogen) atoms. The van der Waals surface area contributed by atoms with Gasteiger partial charge in [-0.1, -0.05) is 12.1 Å². The van der Waals surface area contributed by atoms with E-state index in [1.54, 1.807) is 17.0 Å². The van der Waals surface area contributed by atoms with E-state index in [0.717, 1.165) is 0 Å². The molecular formula is C21H24N2O7S. The Balaban J connectivity index is 1.48. The van der Waals surface area contributed by atoms with E-state index >= 15 is 0 Å². The lowest BCUT2D eigenvalue weighted by Gasteiger charge is -2.27. The summed E-state index contributed by atoms with van der Waals surface area (Å²) in [4.78, 5) is 14.5. The maximum absolute atomic E-state index is 12.9. The number of morpholine rings is 1. The number of hydrogen-bond donors (Lipinski definition) is 1. The fraction of sp³-hybridized carbons (Fsp3) is 0.381. The molecule has 0 radical (unpaired) electrons. The first kappa shape index (κ1) is 21.4. The number of carbonyl (C=O) groups is 1. The second-order valence-electron chi connectivity index (χ2n) is 7.12. The first-order valence-electron chi connectivity index (χ1n) is 9.91. The van der Waals surface area contributed by atoms with Crippen LogP contribution in [0.3, 0.4) is 0 Å². The van der Waals surface area contributed by atoms with Crippen molar-refractivity contribution < 1.29 is 32.2 Å². The molecule has 0 saturated carbocycles. The van der Waals surface area contributed by atoms with E-state index in [-0.39, 0.29) is 29.5 Å². The van der Waals surface area contributed by atoms with Crippen molar-refractivity contribution in [2.24, 2.45) is 0 Å². The molecule has 0 unspecified atom stereocenters. The minimum atomic E-state index is -3.89. The summed E-state index contributed by atoms with van der Waals surface area (Å²) in [6.07, 6.45) is -0.475. The Morgan fingerprint density at radius 1 is 1.16 bits per heavy atom. The molecule has 2 aliphatic rings. The van der Waals surface area contributed by atoms with E-state index in [1.807, 2.05) is 12.1 Å². The number of nitrogens with zero attached hydrogens (tertiary/aromatic N) is 1. The molecule has 1 saturated heterocycles. The van der Waals surface area contributed by atoms with Gasteiger partial charge >= 0.3 is 0 Å². The lowest BCUT2D eigenvalue weighted by Crippen LogP contribution is -2.41. The van der Waals surface area contributed by atoms with E-state index in [2.05, 4.69) is 4.72 Å². The Morgan fingerprint density at radius 2 is 1.90 bits per heavy atom. The van der Waals surface area contributed by atoms with Crippen LogP contribution in [0.15, 0.2) is 47.4 Å². The van der Waals surface area contributed by atoms with Crippen LogP contribution >= 0.6 is 0 Å². The van der Waals surface area contributed by atoms with E-state index < -0.39 is 16.1 Å². The Labute approximate surface area is 180 Å². The van der Waals surface area contributed by atoms with E-state index in [4.69, 9.17) is 18.9 Å². The summed E-state index contributed by atoms with van der Waals surface area (Å²) in [5.74, 6) is 1.22. The summed E-state index contributed by atoms with van der Waals surface area (Å²) in [7, 11) is -2.44. The fourth-order valence-corrected chi connectivity index (χ4v) is 4.50. The molecule has 1 fully saturated rings. The van der Waals surface area contributed by atoms with Gasteiger partial charge in [0.15, 0.2) is 11.5 Å². The van der Waals surface area contributed by atoms with Crippen LogP contribution in [-0.2, 0) is 14.8 Å². The maximum atomic E-state index is 12.9. The molecule has 0 spiro atoms. The average Bonchev–Trinajstić information content (AvgIpc) is 2.82. The number of sulfonamides is 1. The van der Waals surface area contributed by atoms with Gasteiger partial charge in [-0.25, -0.2) is 13.1 Å². The number of nitrogens with one attached hydrogen (secondary N) is 1. The van der Waals surface area contributed by atoms with E-state index in [0.29, 0.717) is 43.6 Å². The molecule has 2 aliphatic heterocycles. The molecule has 0 aromatic heterocycles. The minimum absolute atomic E-state index is 0.0233. The van der Waals surface area contributed by atoms with Crippen LogP contribution in [0.4, 0.5) is 0 Å². The molecule has 2 heterocycles. The third kappa shape index (κ3) is 4.76. The van der Waals surface area contributed by atoms with E-state index in [1.165, 1.54) is 25.3 Å². The van der Waals surface area contributed by atoms with Crippen molar-refractivity contribution in [1.82, 2.24) is 9.62 Å². The number of rotatable bonds is 6. The van der Waals surface area contributed by atoms with Gasteiger partial charge in [0, 0.05) is 13.1 Å². The van der Waals surface area contributed by atoms with Gasteiger partial charge < -0.3 is 23.8 Å². The van der Waals surface area contributed by atoms with Crippen molar-refractivity contribution in [2.75, 3.05) is 46.6 Å². The summed E-state index contributed by atoms with van der Waals surface area (Å²) in [5, 5.41) is 0. The summed E-state index contributed by atoms with van der Waals surface area (Å²) in [5.41, 5.74) is 0.193. The second kappa shape index (κ2) is 9.13. The van der Waals surface area contributed by atoms with Gasteiger partial charge in [0.25, 0.3) is 5.91 Å². The molecule has 0 aliphatic carbocycles. The molecule has 2 aromatic rings. The predicted octanol–water partition coefficient (Wildman–Crippen LogP) is 1.29. The fourth-order valence-electron chi connectivity index (χ4n) is 3.41. The number of fused-ring (bicyclic) bond motifs is 1. The topological polar surface area (TPSA) is 103 Å². The third-order valence-electron chi connectivity index (χ3n) is 5.08. The van der Waals surface area contributed by atoms with Gasteiger partial charge in [-0.15, -0.1) is 0 Å². The lowest BCUT2D eigenvalue weighted by molar-refractivity contribution is 0.0300. The Kier molecular flexibility index (Phi) is 6.30. The average molecular weight is 448 g/mol. The highest BCUT2D eigenvalue weighted by molar-refractivity contribution is 7.89. The van der Waals surface area contributed by atoms with Crippen molar-refractivity contribution >= 4 is 15.9 Å². The Hall–Kier alpha value is -2.82. The number of hydrogen-bond acceptors (Lipinski definition) is 7. The number of ether oxygens (including phenoxy) is 4. The van der Waals surface area contributed by atoms with Crippen LogP contribution in [0.25, 0.3) is 0 Å². The molecule has 1 N–H and O–H groups in total. The third-order valence-corrected chi connectivity index (χ3v) is 6.50. The first-order chi connectivity index (χ1) is 15.0. The van der Waals surface area contributed by atoms with Gasteiger partial charge in [0.05, 0.1) is 37.3 Å². The van der Waals surface area contributed by atoms with Crippen LogP contribution in [0.5, 0.6) is 17.2 Å². The highest BCUT2D eigenvalue weighted by Gasteiger charge is 2.26. The second-order valence-corrected chi connectivity index (χ2v) is 8.88. The summed E-state index contributed by atoms with van der Waals surface area (Å²) < 4.78 is 50.3. The Morgan fingerprint density at radius 3 is 2.65 bits per heavy atom. The van der Waals surface area contributed by atoms with Gasteiger partial charge in [0.2, 0.25) is 10.0 Å². The first-order valence-corrected chi connectivity index (χ1v) is 11.4. The molecule has 9 nitrogen and oxygen atoms in total.